The summed E-state index contributed by atoms with van der Waals surface area (Å²) >= 11 is 17.5. The number of hydrogen-bond donors (Lipinski definition) is 1. The van der Waals surface area contributed by atoms with Crippen molar-refractivity contribution in [3.63, 3.8) is 0 Å². The SMILES string of the molecule is COc1ccc2c3c1OC1C(N(C)C(=O)/C=C/c4ccoc4)CCC4(O)[C@H](C2)N(C(=O)OCC(Cl)(Cl)Cl)CC[C@]314. The van der Waals surface area contributed by atoms with Crippen molar-refractivity contribution >= 4 is 52.9 Å². The average molecular weight is 612 g/mol. The topological polar surface area (TPSA) is 102 Å². The Labute approximate surface area is 246 Å². The van der Waals surface area contributed by atoms with Gasteiger partial charge < -0.3 is 33.5 Å². The molecular weight excluding hydrogens is 583 g/mol. The Morgan fingerprint density at radius 3 is 2.77 bits per heavy atom. The zero-order valence-electron chi connectivity index (χ0n) is 21.9. The highest BCUT2D eigenvalue weighted by molar-refractivity contribution is 6.67. The van der Waals surface area contributed by atoms with Gasteiger partial charge in [0.1, 0.15) is 12.7 Å². The number of nitrogens with zero attached hydrogens (tertiary/aromatic N) is 2. The Morgan fingerprint density at radius 2 is 2.08 bits per heavy atom. The van der Waals surface area contributed by atoms with Gasteiger partial charge in [-0.1, -0.05) is 40.9 Å². The smallest absolute Gasteiger partial charge is 0.410 e. The number of methoxy groups -OCH3 is 1. The second-order valence-corrected chi connectivity index (χ2v) is 13.4. The summed E-state index contributed by atoms with van der Waals surface area (Å²) < 4.78 is 21.0. The third-order valence-electron chi connectivity index (χ3n) is 9.04. The first-order chi connectivity index (χ1) is 19.0. The monoisotopic (exact) mass is 610 g/mol. The van der Waals surface area contributed by atoms with Crippen LogP contribution in [-0.4, -0.2) is 81.8 Å². The van der Waals surface area contributed by atoms with E-state index < -0.39 is 39.7 Å². The summed E-state index contributed by atoms with van der Waals surface area (Å²) in [7, 11) is 3.33. The van der Waals surface area contributed by atoms with Crippen molar-refractivity contribution in [2.24, 2.45) is 0 Å². The molecule has 40 heavy (non-hydrogen) atoms. The number of carbonyl (C=O) groups is 2. The molecule has 3 unspecified atom stereocenters. The van der Waals surface area contributed by atoms with Crippen LogP contribution in [0, 0.1) is 0 Å². The molecular formula is C28H29Cl3N2O7. The number of likely N-dealkylation sites (N-methyl/N-ethyl adjacent to an activating group) is 1. The van der Waals surface area contributed by atoms with Gasteiger partial charge in [0.15, 0.2) is 11.5 Å². The van der Waals surface area contributed by atoms with Crippen molar-refractivity contribution < 1.29 is 33.3 Å². The maximum Gasteiger partial charge on any atom is 0.410 e. The first kappa shape index (κ1) is 27.6. The van der Waals surface area contributed by atoms with Crippen molar-refractivity contribution in [2.75, 3.05) is 27.3 Å². The Bertz CT molecular complexity index is 1360. The molecule has 1 spiro atoms. The lowest BCUT2D eigenvalue weighted by Gasteiger charge is -2.64. The molecule has 2 amide bonds. The van der Waals surface area contributed by atoms with Gasteiger partial charge in [-0.3, -0.25) is 4.79 Å². The molecule has 2 bridgehead atoms. The molecule has 1 aromatic heterocycles. The number of hydrogen-bond acceptors (Lipinski definition) is 7. The number of amides is 2. The van der Waals surface area contributed by atoms with Crippen LogP contribution in [0.4, 0.5) is 4.79 Å². The number of rotatable bonds is 5. The number of piperidine rings is 1. The normalized spacial score (nSPS) is 30.1. The molecule has 1 saturated heterocycles. The van der Waals surface area contributed by atoms with E-state index in [0.29, 0.717) is 43.7 Å². The molecule has 6 rings (SSSR count). The van der Waals surface area contributed by atoms with Gasteiger partial charge >= 0.3 is 6.09 Å². The highest BCUT2D eigenvalue weighted by Crippen LogP contribution is 2.66. The van der Waals surface area contributed by atoms with Gasteiger partial charge in [0, 0.05) is 30.8 Å². The molecule has 1 aromatic carbocycles. The van der Waals surface area contributed by atoms with E-state index in [4.69, 9.17) is 53.4 Å². The van der Waals surface area contributed by atoms with Crippen molar-refractivity contribution in [2.45, 2.75) is 58.7 Å². The Balaban J connectivity index is 1.38. The summed E-state index contributed by atoms with van der Waals surface area (Å²) in [4.78, 5) is 29.7. The van der Waals surface area contributed by atoms with Crippen molar-refractivity contribution in [3.05, 3.63) is 53.5 Å². The standard InChI is InChI=1S/C28H29Cl3N2O7/c1-32(21(34)6-3-16-8-12-38-14-16)18-7-9-27(36)20-13-17-4-5-19(37-2)23-22(17)26(27,24(18)40-23)10-11-33(20)25(35)39-15-28(29,30)31/h3-6,8,12,14,18,20,24,36H,7,9-11,13,15H2,1-2H3/b6-3+/t18?,20-,24?,26-,27?/m0/s1. The zero-order chi connectivity index (χ0) is 28.4. The molecule has 1 saturated carbocycles. The number of alkyl halides is 3. The molecule has 4 aliphatic rings. The van der Waals surface area contributed by atoms with E-state index in [-0.39, 0.29) is 11.9 Å². The Kier molecular flexibility index (Phi) is 6.72. The van der Waals surface area contributed by atoms with Crippen LogP contribution in [-0.2, 0) is 21.4 Å². The molecule has 3 heterocycles. The summed E-state index contributed by atoms with van der Waals surface area (Å²) in [6.07, 6.45) is 6.69. The minimum absolute atomic E-state index is 0.195. The van der Waals surface area contributed by atoms with E-state index in [1.165, 1.54) is 6.08 Å². The fourth-order valence-corrected chi connectivity index (χ4v) is 7.49. The van der Waals surface area contributed by atoms with Crippen LogP contribution in [0.15, 0.2) is 41.2 Å². The first-order valence-corrected chi connectivity index (χ1v) is 14.2. The number of carbonyl (C=O) groups excluding carboxylic acids is 2. The summed E-state index contributed by atoms with van der Waals surface area (Å²) in [5, 5.41) is 12.6. The first-order valence-electron chi connectivity index (χ1n) is 13.1. The maximum absolute atomic E-state index is 13.3. The fourth-order valence-electron chi connectivity index (χ4n) is 7.33. The van der Waals surface area contributed by atoms with Crippen LogP contribution in [0.2, 0.25) is 0 Å². The highest BCUT2D eigenvalue weighted by atomic mass is 35.6. The maximum atomic E-state index is 13.3. The van der Waals surface area contributed by atoms with E-state index in [1.807, 2.05) is 12.1 Å². The lowest BCUT2D eigenvalue weighted by molar-refractivity contribution is -0.194. The van der Waals surface area contributed by atoms with Crippen molar-refractivity contribution in [3.8, 4) is 11.5 Å². The van der Waals surface area contributed by atoms with E-state index in [0.717, 1.165) is 16.7 Å². The lowest BCUT2D eigenvalue weighted by Crippen LogP contribution is -2.78. The predicted molar refractivity (Wildman–Crippen MR) is 148 cm³/mol. The molecule has 2 aromatic rings. The van der Waals surface area contributed by atoms with E-state index in [2.05, 4.69) is 0 Å². The molecule has 2 aliphatic carbocycles. The van der Waals surface area contributed by atoms with Crippen LogP contribution in [0.5, 0.6) is 11.5 Å². The molecule has 2 aliphatic heterocycles. The van der Waals surface area contributed by atoms with E-state index in [9.17, 15) is 14.7 Å². The number of aliphatic hydroxyl groups is 1. The summed E-state index contributed by atoms with van der Waals surface area (Å²) in [5.41, 5.74) is 0.437. The fraction of sp³-hybridized carbons (Fsp3) is 0.500. The van der Waals surface area contributed by atoms with Crippen LogP contribution in [0.3, 0.4) is 0 Å². The number of ether oxygens (including phenoxy) is 3. The number of benzene rings is 1. The summed E-state index contributed by atoms with van der Waals surface area (Å²) in [5.74, 6) is 0.969. The molecule has 9 nitrogen and oxygen atoms in total. The van der Waals surface area contributed by atoms with E-state index in [1.54, 1.807) is 48.6 Å². The van der Waals surface area contributed by atoms with Crippen LogP contribution >= 0.6 is 34.8 Å². The Morgan fingerprint density at radius 1 is 1.27 bits per heavy atom. The van der Waals surface area contributed by atoms with Gasteiger partial charge in [-0.25, -0.2) is 4.79 Å². The lowest BCUT2D eigenvalue weighted by atomic mass is 9.48. The Hall–Kier alpha value is -2.59. The molecule has 1 N–H and O–H groups in total. The van der Waals surface area contributed by atoms with Crippen LogP contribution in [0.25, 0.3) is 6.08 Å². The summed E-state index contributed by atoms with van der Waals surface area (Å²) in [6.45, 7) is -0.110. The third kappa shape index (κ3) is 4.08. The second-order valence-electron chi connectivity index (χ2n) is 10.8. The minimum atomic E-state index is -1.75. The van der Waals surface area contributed by atoms with Crippen LogP contribution in [0.1, 0.15) is 36.0 Å². The number of halogens is 3. The van der Waals surface area contributed by atoms with Gasteiger partial charge in [-0.05, 0) is 49.5 Å². The second kappa shape index (κ2) is 9.76. The van der Waals surface area contributed by atoms with Gasteiger partial charge in [-0.15, -0.1) is 0 Å². The van der Waals surface area contributed by atoms with Gasteiger partial charge in [0.05, 0.1) is 42.7 Å². The quantitative estimate of drug-likeness (QED) is 0.393. The zero-order valence-corrected chi connectivity index (χ0v) is 24.2. The minimum Gasteiger partial charge on any atom is -0.493 e. The molecule has 214 valence electrons. The molecule has 2 fully saturated rings. The van der Waals surface area contributed by atoms with Crippen molar-refractivity contribution in [1.82, 2.24) is 9.80 Å². The third-order valence-corrected chi connectivity index (χ3v) is 9.36. The predicted octanol–water partition coefficient (Wildman–Crippen LogP) is 4.49. The van der Waals surface area contributed by atoms with Crippen LogP contribution < -0.4 is 9.47 Å². The van der Waals surface area contributed by atoms with Crippen molar-refractivity contribution in [1.29, 1.82) is 0 Å². The van der Waals surface area contributed by atoms with Gasteiger partial charge in [0.2, 0.25) is 9.70 Å². The number of furan rings is 1. The summed E-state index contributed by atoms with van der Waals surface area (Å²) in [6, 6.07) is 4.63. The molecule has 0 radical (unpaired) electrons. The van der Waals surface area contributed by atoms with Gasteiger partial charge in [-0.2, -0.15) is 0 Å². The number of likely N-dealkylation sites (tertiary alicyclic amines) is 1. The largest absolute Gasteiger partial charge is 0.493 e. The van der Waals surface area contributed by atoms with E-state index >= 15 is 0 Å². The average Bonchev–Trinajstić information content (AvgIpc) is 3.55. The molecule has 12 heteroatoms. The molecule has 5 atom stereocenters. The van der Waals surface area contributed by atoms with Gasteiger partial charge in [0.25, 0.3) is 0 Å². The highest BCUT2D eigenvalue weighted by Gasteiger charge is 2.74.